The lowest BCUT2D eigenvalue weighted by Crippen LogP contribution is -2.49. The molecule has 1 fully saturated rings. The van der Waals surface area contributed by atoms with Crippen LogP contribution < -0.4 is 14.4 Å². The van der Waals surface area contributed by atoms with Crippen molar-refractivity contribution in [2.75, 3.05) is 23.5 Å². The van der Waals surface area contributed by atoms with Crippen LogP contribution in [0, 0.1) is 0 Å². The first kappa shape index (κ1) is 24.2. The number of alkyl halides is 5. The van der Waals surface area contributed by atoms with Gasteiger partial charge in [-0.2, -0.15) is 26.3 Å². The number of amides is 2. The molecule has 34 heavy (non-hydrogen) atoms. The Balaban J connectivity index is 1.78. The maximum Gasteiger partial charge on any atom is 0.430 e. The van der Waals surface area contributed by atoms with Gasteiger partial charge in [-0.3, -0.25) is 19.2 Å². The third-order valence-corrected chi connectivity index (χ3v) is 7.14. The largest absolute Gasteiger partial charge is 0.435 e. The fourth-order valence-electron chi connectivity index (χ4n) is 3.57. The average molecular weight is 508 g/mol. The summed E-state index contributed by atoms with van der Waals surface area (Å²) < 4.78 is 78.9. The summed E-state index contributed by atoms with van der Waals surface area (Å²) in [7, 11) is -2.16. The normalized spacial score (nSPS) is 26.4. The number of carbonyl (C=O) groups is 2. The topological polar surface area (TPSA) is 97.3 Å². The van der Waals surface area contributed by atoms with E-state index >= 15 is 0 Å². The second kappa shape index (κ2) is 8.37. The number of nitrogens with one attached hydrogen (secondary N) is 1. The number of aliphatic hydroxyl groups is 1. The predicted octanol–water partition coefficient (Wildman–Crippen LogP) is 3.67. The highest BCUT2D eigenvalue weighted by atomic mass is 32.3. The van der Waals surface area contributed by atoms with E-state index in [1.807, 2.05) is 0 Å². The van der Waals surface area contributed by atoms with Crippen LogP contribution in [0.2, 0.25) is 0 Å². The van der Waals surface area contributed by atoms with Crippen LogP contribution in [0.4, 0.5) is 33.3 Å². The molecule has 0 bridgehead atoms. The zero-order valence-corrected chi connectivity index (χ0v) is 18.1. The van der Waals surface area contributed by atoms with Crippen molar-refractivity contribution in [2.24, 2.45) is 0 Å². The van der Waals surface area contributed by atoms with Crippen molar-refractivity contribution in [3.8, 4) is 5.75 Å². The van der Waals surface area contributed by atoms with Crippen LogP contribution in [-0.2, 0) is 19.6 Å². The van der Waals surface area contributed by atoms with Gasteiger partial charge in [0.1, 0.15) is 5.75 Å². The molecule has 4 rings (SSSR count). The molecule has 2 heterocycles. The highest BCUT2D eigenvalue weighted by Gasteiger charge is 2.67. The number of halogens is 5. The first-order chi connectivity index (χ1) is 15.9. The molecule has 2 atom stereocenters. The van der Waals surface area contributed by atoms with E-state index in [2.05, 4.69) is 9.46 Å². The summed E-state index contributed by atoms with van der Waals surface area (Å²) in [5.41, 5.74) is -5.77. The van der Waals surface area contributed by atoms with Crippen molar-refractivity contribution in [1.82, 2.24) is 4.72 Å². The number of hydrogen-bond acceptors (Lipinski definition) is 6. The van der Waals surface area contributed by atoms with Crippen LogP contribution in [0.15, 0.2) is 42.5 Å². The van der Waals surface area contributed by atoms with Crippen molar-refractivity contribution < 1.29 is 50.6 Å². The van der Waals surface area contributed by atoms with Gasteiger partial charge in [0.2, 0.25) is 0 Å². The van der Waals surface area contributed by atoms with Gasteiger partial charge in [0.15, 0.2) is 0 Å². The molecule has 2 aliphatic heterocycles. The van der Waals surface area contributed by atoms with Gasteiger partial charge in [0.05, 0.1) is 18.0 Å². The van der Waals surface area contributed by atoms with Gasteiger partial charge in [-0.1, -0.05) is 6.07 Å². The van der Waals surface area contributed by atoms with Gasteiger partial charge >= 0.3 is 12.8 Å². The Bertz CT molecular complexity index is 1140. The molecule has 0 aromatic heterocycles. The first-order valence-corrected chi connectivity index (χ1v) is 11.7. The molecule has 2 aromatic rings. The number of anilines is 2. The van der Waals surface area contributed by atoms with E-state index in [1.165, 1.54) is 12.1 Å². The van der Waals surface area contributed by atoms with Gasteiger partial charge < -0.3 is 9.84 Å². The predicted molar refractivity (Wildman–Crippen MR) is 109 cm³/mol. The lowest BCUT2D eigenvalue weighted by Gasteiger charge is -2.27. The number of ether oxygens (including phenoxy) is 1. The summed E-state index contributed by atoms with van der Waals surface area (Å²) in [4.78, 5) is 30.9. The molecule has 0 saturated carbocycles. The number of benzene rings is 2. The quantitative estimate of drug-likeness (QED) is 0.473. The molecule has 0 aliphatic carbocycles. The number of nitrogens with zero attached hydrogens (tertiary/aromatic N) is 1. The van der Waals surface area contributed by atoms with Crippen LogP contribution in [-0.4, -0.2) is 48.3 Å². The number of hydrogen-bond donors (Lipinski definition) is 2. The van der Waals surface area contributed by atoms with E-state index in [0.717, 1.165) is 30.3 Å². The molecule has 2 aromatic carbocycles. The summed E-state index contributed by atoms with van der Waals surface area (Å²) in [6, 6.07) is 7.40. The van der Waals surface area contributed by atoms with Crippen molar-refractivity contribution in [3.05, 3.63) is 53.6 Å². The standard InChI is InChI=1S/C20H17F5N2O6S/c1-34(8-7-31-33-34)26-16(28)11-5-6-15-14(9-11)19(30,20(23,24)25)17(29)27(15)12-3-2-4-13(10-12)32-18(21)22/h2-6,9-10,18,30H,7-8H2,1H3,(H,26,28)/t19-/m1/s1. The Kier molecular flexibility index (Phi) is 5.96. The Hall–Kier alpha value is -2.94. The fraction of sp³-hybridized carbons (Fsp3) is 0.300. The smallest absolute Gasteiger partial charge is 0.430 e. The van der Waals surface area contributed by atoms with Crippen molar-refractivity contribution in [1.29, 1.82) is 0 Å². The molecule has 0 spiro atoms. The monoisotopic (exact) mass is 508 g/mol. The second-order valence-electron chi connectivity index (χ2n) is 7.49. The van der Waals surface area contributed by atoms with E-state index in [9.17, 15) is 36.6 Å². The zero-order valence-electron chi connectivity index (χ0n) is 17.3. The van der Waals surface area contributed by atoms with E-state index in [1.54, 1.807) is 6.26 Å². The van der Waals surface area contributed by atoms with Gasteiger partial charge in [0, 0.05) is 29.2 Å². The molecule has 2 aliphatic rings. The van der Waals surface area contributed by atoms with E-state index < -0.39 is 52.0 Å². The molecule has 8 nitrogen and oxygen atoms in total. The van der Waals surface area contributed by atoms with Gasteiger partial charge in [-0.25, -0.2) is 4.89 Å². The van der Waals surface area contributed by atoms with Crippen molar-refractivity contribution in [2.45, 2.75) is 18.4 Å². The van der Waals surface area contributed by atoms with Crippen LogP contribution in [0.25, 0.3) is 0 Å². The number of rotatable bonds is 5. The van der Waals surface area contributed by atoms with E-state index in [-0.39, 0.29) is 23.5 Å². The second-order valence-corrected chi connectivity index (χ2v) is 10.2. The first-order valence-electron chi connectivity index (χ1n) is 9.58. The average Bonchev–Trinajstić information content (AvgIpc) is 3.27. The van der Waals surface area contributed by atoms with Crippen molar-refractivity contribution >= 4 is 33.7 Å². The molecule has 2 amide bonds. The molecule has 1 unspecified atom stereocenters. The highest BCUT2D eigenvalue weighted by Crippen LogP contribution is 2.52. The van der Waals surface area contributed by atoms with Gasteiger partial charge in [0.25, 0.3) is 17.4 Å². The van der Waals surface area contributed by atoms with Gasteiger partial charge in [-0.05, 0) is 40.8 Å². The molecule has 0 radical (unpaired) electrons. The minimum Gasteiger partial charge on any atom is -0.435 e. The summed E-state index contributed by atoms with van der Waals surface area (Å²) in [6.07, 6.45) is -3.88. The van der Waals surface area contributed by atoms with Crippen LogP contribution in [0.5, 0.6) is 5.75 Å². The van der Waals surface area contributed by atoms with Crippen LogP contribution >= 0.6 is 10.5 Å². The summed E-state index contributed by atoms with van der Waals surface area (Å²) in [6.45, 7) is -2.98. The fourth-order valence-corrected chi connectivity index (χ4v) is 4.95. The minimum atomic E-state index is -5.46. The summed E-state index contributed by atoms with van der Waals surface area (Å²) >= 11 is 0. The third kappa shape index (κ3) is 4.06. The van der Waals surface area contributed by atoms with Crippen LogP contribution in [0.1, 0.15) is 15.9 Å². The Morgan fingerprint density at radius 2 is 2.00 bits per heavy atom. The Morgan fingerprint density at radius 3 is 2.62 bits per heavy atom. The molecule has 1 saturated heterocycles. The Morgan fingerprint density at radius 1 is 1.26 bits per heavy atom. The highest BCUT2D eigenvalue weighted by molar-refractivity contribution is 8.28. The third-order valence-electron chi connectivity index (χ3n) is 5.18. The van der Waals surface area contributed by atoms with E-state index in [0.29, 0.717) is 10.7 Å². The SMILES string of the molecule is CS1(NC(=O)c2ccc3c(c2)[C@](O)(C(F)(F)F)C(=O)N3c2cccc(OC(F)F)c2)CCOO1. The lowest BCUT2D eigenvalue weighted by molar-refractivity contribution is -0.253. The maximum atomic E-state index is 14.0. The molecular weight excluding hydrogens is 491 g/mol. The lowest BCUT2D eigenvalue weighted by atomic mass is 9.93. The van der Waals surface area contributed by atoms with Crippen LogP contribution in [0.3, 0.4) is 0 Å². The number of carbonyl (C=O) groups excluding carboxylic acids is 2. The molecule has 14 heteroatoms. The van der Waals surface area contributed by atoms with Gasteiger partial charge in [-0.15, -0.1) is 0 Å². The van der Waals surface area contributed by atoms with E-state index in [4.69, 9.17) is 9.22 Å². The number of fused-ring (bicyclic) bond motifs is 1. The van der Waals surface area contributed by atoms with Crippen molar-refractivity contribution in [3.63, 3.8) is 0 Å². The summed E-state index contributed by atoms with van der Waals surface area (Å²) in [5.74, 6) is -2.63. The minimum absolute atomic E-state index is 0.224. The maximum absolute atomic E-state index is 14.0. The zero-order chi connectivity index (χ0) is 24.9. The molecule has 2 N–H and O–H groups in total. The molecule has 184 valence electrons. The molecular formula is C20H17F5N2O6S. The Labute approximate surface area is 190 Å². The summed E-state index contributed by atoms with van der Waals surface area (Å²) in [5, 5.41) is 10.6.